The van der Waals surface area contributed by atoms with E-state index in [1.807, 2.05) is 0 Å². The molecular weight excluding hydrogens is 344 g/mol. The molecule has 136 valence electrons. The summed E-state index contributed by atoms with van der Waals surface area (Å²) >= 11 is 4.10. The van der Waals surface area contributed by atoms with E-state index in [9.17, 15) is 19.2 Å². The van der Waals surface area contributed by atoms with E-state index >= 15 is 0 Å². The molecule has 10 heteroatoms. The van der Waals surface area contributed by atoms with E-state index in [-0.39, 0.29) is 5.75 Å². The maximum absolute atomic E-state index is 11.4. The topological polar surface area (TPSA) is 114 Å². The third kappa shape index (κ3) is 5.68. The molecule has 0 saturated carbocycles. The summed E-state index contributed by atoms with van der Waals surface area (Å²) in [6.07, 6.45) is -5.78. The first-order valence-electron chi connectivity index (χ1n) is 7.11. The van der Waals surface area contributed by atoms with Gasteiger partial charge in [-0.3, -0.25) is 19.2 Å². The summed E-state index contributed by atoms with van der Waals surface area (Å²) in [5, 5.41) is 0. The van der Waals surface area contributed by atoms with Gasteiger partial charge in [0.1, 0.15) is 6.10 Å². The zero-order valence-electron chi connectivity index (χ0n) is 13.7. The molecule has 1 aliphatic rings. The van der Waals surface area contributed by atoms with Crippen molar-refractivity contribution >= 4 is 36.5 Å². The second-order valence-corrected chi connectivity index (χ2v) is 5.42. The van der Waals surface area contributed by atoms with Gasteiger partial charge in [0.15, 0.2) is 12.2 Å². The minimum Gasteiger partial charge on any atom is -0.456 e. The summed E-state index contributed by atoms with van der Waals surface area (Å²) in [6.45, 7) is 4.57. The lowest BCUT2D eigenvalue weighted by Crippen LogP contribution is -2.62. The number of esters is 4. The van der Waals surface area contributed by atoms with Crippen LogP contribution in [0.15, 0.2) is 0 Å². The highest BCUT2D eigenvalue weighted by atomic mass is 32.1. The molecular formula is C14H20O9S. The molecule has 0 spiro atoms. The van der Waals surface area contributed by atoms with Crippen LogP contribution in [0.5, 0.6) is 0 Å². The molecule has 24 heavy (non-hydrogen) atoms. The Kier molecular flexibility index (Phi) is 7.49. The number of carbonyl (C=O) groups is 4. The van der Waals surface area contributed by atoms with Crippen molar-refractivity contribution < 1.29 is 42.9 Å². The number of carbonyl (C=O) groups excluding carboxylic acids is 4. The van der Waals surface area contributed by atoms with E-state index in [2.05, 4.69) is 12.6 Å². The summed E-state index contributed by atoms with van der Waals surface area (Å²) in [6, 6.07) is 0. The molecule has 0 amide bonds. The van der Waals surface area contributed by atoms with Gasteiger partial charge < -0.3 is 23.7 Å². The van der Waals surface area contributed by atoms with E-state index in [1.54, 1.807) is 0 Å². The average molecular weight is 364 g/mol. The fourth-order valence-corrected chi connectivity index (χ4v) is 2.55. The standard InChI is InChI=1S/C14H20O9S/c1-6(15)19-11-10(5-24)23-14(22-9(4)18)13(21-8(3)17)12(11)20-7(2)16/h10-14,24H,5H2,1-4H3/t10-,11-,12+,13-,14-/m1/s1. The van der Waals surface area contributed by atoms with Crippen molar-refractivity contribution in [2.45, 2.75) is 58.4 Å². The molecule has 1 saturated heterocycles. The van der Waals surface area contributed by atoms with Crippen molar-refractivity contribution in [3.05, 3.63) is 0 Å². The van der Waals surface area contributed by atoms with Crippen LogP contribution in [-0.4, -0.2) is 60.3 Å². The molecule has 1 fully saturated rings. The van der Waals surface area contributed by atoms with Gasteiger partial charge in [0, 0.05) is 33.4 Å². The Morgan fingerprint density at radius 3 is 1.58 bits per heavy atom. The Balaban J connectivity index is 3.23. The number of hydrogen-bond donors (Lipinski definition) is 1. The van der Waals surface area contributed by atoms with Crippen LogP contribution in [0.2, 0.25) is 0 Å². The van der Waals surface area contributed by atoms with Crippen molar-refractivity contribution in [3.63, 3.8) is 0 Å². The van der Waals surface area contributed by atoms with Crippen LogP contribution in [0.1, 0.15) is 27.7 Å². The molecule has 0 N–H and O–H groups in total. The predicted molar refractivity (Wildman–Crippen MR) is 80.9 cm³/mol. The molecule has 0 unspecified atom stereocenters. The normalized spacial score (nSPS) is 29.3. The number of hydrogen-bond acceptors (Lipinski definition) is 10. The quantitative estimate of drug-likeness (QED) is 0.409. The first-order valence-corrected chi connectivity index (χ1v) is 7.74. The first kappa shape index (κ1) is 20.2. The Bertz CT molecular complexity index is 506. The van der Waals surface area contributed by atoms with Gasteiger partial charge in [-0.15, -0.1) is 0 Å². The lowest BCUT2D eigenvalue weighted by Gasteiger charge is -2.43. The first-order chi connectivity index (χ1) is 11.1. The number of thiol groups is 1. The zero-order valence-corrected chi connectivity index (χ0v) is 14.6. The fourth-order valence-electron chi connectivity index (χ4n) is 2.26. The Morgan fingerprint density at radius 1 is 0.750 bits per heavy atom. The Morgan fingerprint density at radius 2 is 1.17 bits per heavy atom. The Labute approximate surface area is 144 Å². The van der Waals surface area contributed by atoms with E-state index < -0.39 is 54.6 Å². The highest BCUT2D eigenvalue weighted by Gasteiger charge is 2.52. The molecule has 5 atom stereocenters. The second kappa shape index (κ2) is 8.88. The average Bonchev–Trinajstić information content (AvgIpc) is 2.42. The molecule has 1 aliphatic heterocycles. The summed E-state index contributed by atoms with van der Waals surface area (Å²) in [7, 11) is 0. The van der Waals surface area contributed by atoms with Crippen LogP contribution >= 0.6 is 12.6 Å². The van der Waals surface area contributed by atoms with E-state index in [0.717, 1.165) is 20.8 Å². The number of rotatable bonds is 5. The van der Waals surface area contributed by atoms with Crippen LogP contribution in [0.3, 0.4) is 0 Å². The molecule has 0 aromatic heterocycles. The van der Waals surface area contributed by atoms with Gasteiger partial charge in [0.05, 0.1) is 0 Å². The second-order valence-electron chi connectivity index (χ2n) is 5.06. The lowest BCUT2D eigenvalue weighted by molar-refractivity contribution is -0.291. The van der Waals surface area contributed by atoms with Gasteiger partial charge in [-0.1, -0.05) is 0 Å². The molecule has 0 aliphatic carbocycles. The zero-order chi connectivity index (χ0) is 18.4. The largest absolute Gasteiger partial charge is 0.456 e. The summed E-state index contributed by atoms with van der Waals surface area (Å²) in [4.78, 5) is 45.4. The number of ether oxygens (including phenoxy) is 5. The van der Waals surface area contributed by atoms with Crippen LogP contribution in [0, 0.1) is 0 Å². The fraction of sp³-hybridized carbons (Fsp3) is 0.714. The van der Waals surface area contributed by atoms with Crippen molar-refractivity contribution in [1.82, 2.24) is 0 Å². The van der Waals surface area contributed by atoms with Crippen molar-refractivity contribution in [3.8, 4) is 0 Å². The van der Waals surface area contributed by atoms with E-state index in [0.29, 0.717) is 0 Å². The summed E-state index contributed by atoms with van der Waals surface area (Å²) < 4.78 is 25.9. The molecule has 0 bridgehead atoms. The van der Waals surface area contributed by atoms with E-state index in [4.69, 9.17) is 23.7 Å². The third-order valence-corrected chi connectivity index (χ3v) is 3.32. The third-order valence-electron chi connectivity index (χ3n) is 2.96. The van der Waals surface area contributed by atoms with Gasteiger partial charge in [-0.2, -0.15) is 12.6 Å². The molecule has 0 radical (unpaired) electrons. The highest BCUT2D eigenvalue weighted by molar-refractivity contribution is 7.80. The van der Waals surface area contributed by atoms with Crippen LogP contribution < -0.4 is 0 Å². The smallest absolute Gasteiger partial charge is 0.305 e. The maximum atomic E-state index is 11.4. The van der Waals surface area contributed by atoms with Crippen molar-refractivity contribution in [2.24, 2.45) is 0 Å². The van der Waals surface area contributed by atoms with Crippen LogP contribution in [-0.2, 0) is 42.9 Å². The van der Waals surface area contributed by atoms with E-state index in [1.165, 1.54) is 6.92 Å². The SMILES string of the molecule is CC(=O)O[C@@H]1O[C@H](CS)[C@@H](OC(C)=O)[C@H](OC(C)=O)[C@H]1OC(C)=O. The molecule has 9 nitrogen and oxygen atoms in total. The predicted octanol–water partition coefficient (Wildman–Crippen LogP) is -0.000700. The Hall–Kier alpha value is -1.81. The van der Waals surface area contributed by atoms with Gasteiger partial charge in [0.25, 0.3) is 0 Å². The minimum absolute atomic E-state index is 0.0697. The molecule has 1 heterocycles. The van der Waals surface area contributed by atoms with Gasteiger partial charge in [-0.25, -0.2) is 0 Å². The lowest BCUT2D eigenvalue weighted by atomic mass is 9.98. The van der Waals surface area contributed by atoms with Crippen LogP contribution in [0.25, 0.3) is 0 Å². The summed E-state index contributed by atoms with van der Waals surface area (Å²) in [5.41, 5.74) is 0. The van der Waals surface area contributed by atoms with Crippen molar-refractivity contribution in [1.29, 1.82) is 0 Å². The van der Waals surface area contributed by atoms with Gasteiger partial charge in [-0.05, 0) is 0 Å². The van der Waals surface area contributed by atoms with Gasteiger partial charge in [0.2, 0.25) is 12.4 Å². The molecule has 1 rings (SSSR count). The molecule has 0 aromatic carbocycles. The maximum Gasteiger partial charge on any atom is 0.305 e. The van der Waals surface area contributed by atoms with Crippen molar-refractivity contribution in [2.75, 3.05) is 5.75 Å². The minimum atomic E-state index is -1.33. The van der Waals surface area contributed by atoms with Gasteiger partial charge >= 0.3 is 23.9 Å². The summed E-state index contributed by atoms with van der Waals surface area (Å²) in [5.74, 6) is -2.69. The highest BCUT2D eigenvalue weighted by Crippen LogP contribution is 2.30. The monoisotopic (exact) mass is 364 g/mol. The molecule has 0 aromatic rings. The van der Waals surface area contributed by atoms with Crippen LogP contribution in [0.4, 0.5) is 0 Å².